The monoisotopic (exact) mass is 312 g/mol. The largest absolute Gasteiger partial charge is 0.335 e. The minimum Gasteiger partial charge on any atom is -0.335 e. The topological polar surface area (TPSA) is 32.3 Å². The van der Waals surface area contributed by atoms with Crippen molar-refractivity contribution in [1.29, 1.82) is 0 Å². The molecule has 0 saturated carbocycles. The average molecular weight is 313 g/mol. The Bertz CT molecular complexity index is 501. The SMILES string of the molecule is CC(C)N(CC1CCCCN1)C(=O)c1cc(Cl)ccc1F. The molecule has 0 radical (unpaired) electrons. The van der Waals surface area contributed by atoms with Crippen LogP contribution in [0.3, 0.4) is 0 Å². The molecule has 1 amide bonds. The molecule has 1 aliphatic rings. The van der Waals surface area contributed by atoms with Crippen molar-refractivity contribution in [2.45, 2.75) is 45.2 Å². The summed E-state index contributed by atoms with van der Waals surface area (Å²) in [5.74, 6) is -0.816. The number of benzene rings is 1. The Morgan fingerprint density at radius 2 is 2.24 bits per heavy atom. The second-order valence-electron chi connectivity index (χ2n) is 5.82. The Morgan fingerprint density at radius 1 is 1.48 bits per heavy atom. The maximum absolute atomic E-state index is 13.9. The van der Waals surface area contributed by atoms with Crippen LogP contribution in [0.4, 0.5) is 4.39 Å². The second-order valence-corrected chi connectivity index (χ2v) is 6.26. The van der Waals surface area contributed by atoms with E-state index in [-0.39, 0.29) is 23.6 Å². The third-order valence-electron chi connectivity index (χ3n) is 3.87. The van der Waals surface area contributed by atoms with E-state index in [1.54, 1.807) is 4.90 Å². The van der Waals surface area contributed by atoms with Gasteiger partial charge in [-0.2, -0.15) is 0 Å². The average Bonchev–Trinajstić information content (AvgIpc) is 2.47. The first kappa shape index (κ1) is 16.2. The van der Waals surface area contributed by atoms with Crippen LogP contribution in [0.2, 0.25) is 5.02 Å². The maximum Gasteiger partial charge on any atom is 0.257 e. The summed E-state index contributed by atoms with van der Waals surface area (Å²) in [4.78, 5) is 14.4. The summed E-state index contributed by atoms with van der Waals surface area (Å²) in [6.45, 7) is 5.48. The van der Waals surface area contributed by atoms with Gasteiger partial charge in [-0.25, -0.2) is 4.39 Å². The molecule has 0 aromatic heterocycles. The van der Waals surface area contributed by atoms with Crippen LogP contribution in [0.15, 0.2) is 18.2 Å². The third kappa shape index (κ3) is 4.17. The number of halogens is 2. The van der Waals surface area contributed by atoms with Gasteiger partial charge in [0, 0.05) is 23.7 Å². The molecule has 1 aromatic rings. The number of nitrogens with zero attached hydrogens (tertiary/aromatic N) is 1. The maximum atomic E-state index is 13.9. The predicted octanol–water partition coefficient (Wildman–Crippen LogP) is 3.47. The highest BCUT2D eigenvalue weighted by Gasteiger charge is 2.25. The smallest absolute Gasteiger partial charge is 0.257 e. The quantitative estimate of drug-likeness (QED) is 0.923. The number of carbonyl (C=O) groups excluding carboxylic acids is 1. The molecule has 116 valence electrons. The standard InChI is InChI=1S/C16H22ClFN2O/c1-11(2)20(10-13-5-3-4-8-19-13)16(21)14-9-12(17)6-7-15(14)18/h6-7,9,11,13,19H,3-5,8,10H2,1-2H3. The normalized spacial score (nSPS) is 18.8. The first-order valence-corrected chi connectivity index (χ1v) is 7.86. The van der Waals surface area contributed by atoms with Gasteiger partial charge < -0.3 is 10.2 Å². The van der Waals surface area contributed by atoms with Gasteiger partial charge in [-0.1, -0.05) is 18.0 Å². The zero-order valence-corrected chi connectivity index (χ0v) is 13.3. The zero-order chi connectivity index (χ0) is 15.4. The fourth-order valence-electron chi connectivity index (χ4n) is 2.66. The van der Waals surface area contributed by atoms with Crippen LogP contribution >= 0.6 is 11.6 Å². The molecule has 1 aromatic carbocycles. The van der Waals surface area contributed by atoms with E-state index in [1.165, 1.54) is 31.0 Å². The van der Waals surface area contributed by atoms with Gasteiger partial charge in [0.2, 0.25) is 0 Å². The van der Waals surface area contributed by atoms with Crippen LogP contribution in [-0.4, -0.2) is 36.0 Å². The van der Waals surface area contributed by atoms with Crippen molar-refractivity contribution in [3.05, 3.63) is 34.6 Å². The van der Waals surface area contributed by atoms with Crippen molar-refractivity contribution in [1.82, 2.24) is 10.2 Å². The molecule has 1 atom stereocenters. The van der Waals surface area contributed by atoms with E-state index < -0.39 is 5.82 Å². The van der Waals surface area contributed by atoms with Crippen molar-refractivity contribution in [3.8, 4) is 0 Å². The van der Waals surface area contributed by atoms with Gasteiger partial charge in [0.15, 0.2) is 0 Å². The van der Waals surface area contributed by atoms with E-state index in [1.807, 2.05) is 13.8 Å². The number of amides is 1. The molecule has 1 aliphatic heterocycles. The number of nitrogens with one attached hydrogen (secondary N) is 1. The highest BCUT2D eigenvalue weighted by Crippen LogP contribution is 2.19. The van der Waals surface area contributed by atoms with Gasteiger partial charge in [-0.3, -0.25) is 4.79 Å². The lowest BCUT2D eigenvalue weighted by Gasteiger charge is -2.33. The summed E-state index contributed by atoms with van der Waals surface area (Å²) >= 11 is 5.89. The van der Waals surface area contributed by atoms with E-state index in [9.17, 15) is 9.18 Å². The van der Waals surface area contributed by atoms with Crippen molar-refractivity contribution in [2.75, 3.05) is 13.1 Å². The molecule has 0 aliphatic carbocycles. The number of rotatable bonds is 4. The van der Waals surface area contributed by atoms with Gasteiger partial charge in [0.1, 0.15) is 5.82 Å². The Hall–Kier alpha value is -1.13. The van der Waals surface area contributed by atoms with E-state index >= 15 is 0 Å². The summed E-state index contributed by atoms with van der Waals surface area (Å²) in [6.07, 6.45) is 3.40. The molecule has 0 spiro atoms. The van der Waals surface area contributed by atoms with E-state index in [0.29, 0.717) is 11.6 Å². The molecular weight excluding hydrogens is 291 g/mol. The van der Waals surface area contributed by atoms with Crippen molar-refractivity contribution < 1.29 is 9.18 Å². The molecule has 1 saturated heterocycles. The number of hydrogen-bond acceptors (Lipinski definition) is 2. The number of piperidine rings is 1. The second kappa shape index (κ2) is 7.23. The van der Waals surface area contributed by atoms with E-state index in [4.69, 9.17) is 11.6 Å². The third-order valence-corrected chi connectivity index (χ3v) is 4.11. The Morgan fingerprint density at radius 3 is 2.86 bits per heavy atom. The fourth-order valence-corrected chi connectivity index (χ4v) is 2.83. The molecular formula is C16H22ClFN2O. The zero-order valence-electron chi connectivity index (χ0n) is 12.5. The fraction of sp³-hybridized carbons (Fsp3) is 0.562. The van der Waals surface area contributed by atoms with Crippen molar-refractivity contribution >= 4 is 17.5 Å². The first-order chi connectivity index (χ1) is 9.99. The summed E-state index contributed by atoms with van der Waals surface area (Å²) in [7, 11) is 0. The highest BCUT2D eigenvalue weighted by atomic mass is 35.5. The summed E-state index contributed by atoms with van der Waals surface area (Å²) < 4.78 is 13.9. The molecule has 0 bridgehead atoms. The minimum absolute atomic E-state index is 0.0135. The lowest BCUT2D eigenvalue weighted by atomic mass is 10.0. The molecule has 1 N–H and O–H groups in total. The van der Waals surface area contributed by atoms with Crippen LogP contribution < -0.4 is 5.32 Å². The van der Waals surface area contributed by atoms with Gasteiger partial charge in [0.25, 0.3) is 5.91 Å². The summed E-state index contributed by atoms with van der Waals surface area (Å²) in [5.41, 5.74) is 0.0482. The van der Waals surface area contributed by atoms with Crippen LogP contribution in [-0.2, 0) is 0 Å². The van der Waals surface area contributed by atoms with E-state index in [0.717, 1.165) is 13.0 Å². The van der Waals surface area contributed by atoms with Crippen LogP contribution in [0.25, 0.3) is 0 Å². The lowest BCUT2D eigenvalue weighted by Crippen LogP contribution is -2.48. The molecule has 1 heterocycles. The minimum atomic E-state index is -0.522. The Labute approximate surface area is 130 Å². The summed E-state index contributed by atoms with van der Waals surface area (Å²) in [5, 5.41) is 3.80. The molecule has 3 nitrogen and oxygen atoms in total. The van der Waals surface area contributed by atoms with Crippen molar-refractivity contribution in [3.63, 3.8) is 0 Å². The number of hydrogen-bond donors (Lipinski definition) is 1. The van der Waals surface area contributed by atoms with Gasteiger partial charge >= 0.3 is 0 Å². The molecule has 2 rings (SSSR count). The molecule has 21 heavy (non-hydrogen) atoms. The van der Waals surface area contributed by atoms with Gasteiger partial charge in [0.05, 0.1) is 5.56 Å². The van der Waals surface area contributed by atoms with Gasteiger partial charge in [-0.15, -0.1) is 0 Å². The van der Waals surface area contributed by atoms with Crippen LogP contribution in [0.5, 0.6) is 0 Å². The molecule has 5 heteroatoms. The Balaban J connectivity index is 2.16. The van der Waals surface area contributed by atoms with Crippen LogP contribution in [0.1, 0.15) is 43.5 Å². The first-order valence-electron chi connectivity index (χ1n) is 7.48. The molecule has 1 fully saturated rings. The lowest BCUT2D eigenvalue weighted by molar-refractivity contribution is 0.0672. The van der Waals surface area contributed by atoms with Crippen LogP contribution in [0, 0.1) is 5.82 Å². The predicted molar refractivity (Wildman–Crippen MR) is 83.2 cm³/mol. The Kier molecular flexibility index (Phi) is 5.59. The molecule has 1 unspecified atom stereocenters. The van der Waals surface area contributed by atoms with Gasteiger partial charge in [-0.05, 0) is 51.4 Å². The van der Waals surface area contributed by atoms with Crippen molar-refractivity contribution in [2.24, 2.45) is 0 Å². The number of carbonyl (C=O) groups is 1. The highest BCUT2D eigenvalue weighted by molar-refractivity contribution is 6.31. The van der Waals surface area contributed by atoms with E-state index in [2.05, 4.69) is 5.32 Å². The summed E-state index contributed by atoms with van der Waals surface area (Å²) in [6, 6.07) is 4.40.